The van der Waals surface area contributed by atoms with Crippen molar-refractivity contribution in [3.8, 4) is 6.07 Å². The first-order valence-electron chi connectivity index (χ1n) is 5.94. The summed E-state index contributed by atoms with van der Waals surface area (Å²) in [6, 6.07) is 2.31. The SMILES string of the molecule is CNC(C#N)CCSC1CCCC(C)C1. The minimum Gasteiger partial charge on any atom is -0.305 e. The van der Waals surface area contributed by atoms with Crippen molar-refractivity contribution < 1.29 is 0 Å². The molecule has 86 valence electrons. The van der Waals surface area contributed by atoms with E-state index < -0.39 is 0 Å². The van der Waals surface area contributed by atoms with E-state index in [2.05, 4.69) is 30.1 Å². The average molecular weight is 226 g/mol. The second-order valence-electron chi connectivity index (χ2n) is 4.52. The first-order chi connectivity index (χ1) is 7.26. The van der Waals surface area contributed by atoms with Gasteiger partial charge in [-0.3, -0.25) is 0 Å². The zero-order valence-electron chi connectivity index (χ0n) is 9.83. The zero-order valence-corrected chi connectivity index (χ0v) is 10.6. The summed E-state index contributed by atoms with van der Waals surface area (Å²) in [5.74, 6) is 2.03. The van der Waals surface area contributed by atoms with Gasteiger partial charge in [0.25, 0.3) is 0 Å². The third kappa shape index (κ3) is 4.90. The minimum absolute atomic E-state index is 0.0403. The molecule has 3 heteroatoms. The van der Waals surface area contributed by atoms with Crippen molar-refractivity contribution in [1.82, 2.24) is 5.32 Å². The molecule has 1 saturated carbocycles. The van der Waals surface area contributed by atoms with Gasteiger partial charge in [0.2, 0.25) is 0 Å². The molecule has 1 aliphatic rings. The Hall–Kier alpha value is -0.200. The number of nitrogens with zero attached hydrogens (tertiary/aromatic N) is 1. The van der Waals surface area contributed by atoms with Crippen LogP contribution in [0.1, 0.15) is 39.0 Å². The fourth-order valence-corrected chi connectivity index (χ4v) is 3.66. The van der Waals surface area contributed by atoms with Gasteiger partial charge in [-0.15, -0.1) is 0 Å². The molecule has 0 aliphatic heterocycles. The topological polar surface area (TPSA) is 35.8 Å². The van der Waals surface area contributed by atoms with E-state index in [1.807, 2.05) is 7.05 Å². The highest BCUT2D eigenvalue weighted by atomic mass is 32.2. The minimum atomic E-state index is 0.0403. The van der Waals surface area contributed by atoms with Crippen LogP contribution in [0.4, 0.5) is 0 Å². The summed E-state index contributed by atoms with van der Waals surface area (Å²) < 4.78 is 0. The molecule has 0 spiro atoms. The molecule has 1 rings (SSSR count). The molecule has 1 aliphatic carbocycles. The van der Waals surface area contributed by atoms with Crippen molar-refractivity contribution in [2.24, 2.45) is 5.92 Å². The van der Waals surface area contributed by atoms with Gasteiger partial charge in [-0.25, -0.2) is 0 Å². The molecule has 0 saturated heterocycles. The van der Waals surface area contributed by atoms with Gasteiger partial charge in [0.1, 0.15) is 0 Å². The molecule has 0 amide bonds. The second kappa shape index (κ2) is 7.14. The highest BCUT2D eigenvalue weighted by molar-refractivity contribution is 7.99. The van der Waals surface area contributed by atoms with Gasteiger partial charge in [-0.2, -0.15) is 17.0 Å². The van der Waals surface area contributed by atoms with Gasteiger partial charge in [0.15, 0.2) is 0 Å². The second-order valence-corrected chi connectivity index (χ2v) is 5.93. The van der Waals surface area contributed by atoms with Crippen LogP contribution >= 0.6 is 11.8 Å². The van der Waals surface area contributed by atoms with Crippen LogP contribution in [0.3, 0.4) is 0 Å². The summed E-state index contributed by atoms with van der Waals surface area (Å²) >= 11 is 2.07. The molecule has 3 atom stereocenters. The van der Waals surface area contributed by atoms with Crippen LogP contribution in [-0.2, 0) is 0 Å². The van der Waals surface area contributed by atoms with E-state index in [9.17, 15) is 0 Å². The standard InChI is InChI=1S/C12H22N2S/c1-10-4-3-5-12(8-10)15-7-6-11(9-13)14-2/h10-12,14H,3-8H2,1-2H3. The predicted octanol–water partition coefficient (Wildman–Crippen LogP) is 2.80. The van der Waals surface area contributed by atoms with Crippen LogP contribution in [0.15, 0.2) is 0 Å². The van der Waals surface area contributed by atoms with Crippen LogP contribution in [0, 0.1) is 17.2 Å². The van der Waals surface area contributed by atoms with Crippen LogP contribution < -0.4 is 5.32 Å². The van der Waals surface area contributed by atoms with Gasteiger partial charge in [0, 0.05) is 5.25 Å². The van der Waals surface area contributed by atoms with Crippen molar-refractivity contribution in [3.05, 3.63) is 0 Å². The lowest BCUT2D eigenvalue weighted by molar-refractivity contribution is 0.394. The molecule has 0 heterocycles. The Kier molecular flexibility index (Phi) is 6.12. The fraction of sp³-hybridized carbons (Fsp3) is 0.917. The van der Waals surface area contributed by atoms with Crippen molar-refractivity contribution in [3.63, 3.8) is 0 Å². The molecule has 0 bridgehead atoms. The van der Waals surface area contributed by atoms with E-state index in [1.54, 1.807) is 0 Å². The van der Waals surface area contributed by atoms with Gasteiger partial charge in [-0.1, -0.05) is 19.8 Å². The third-order valence-electron chi connectivity index (χ3n) is 3.15. The molecule has 0 aromatic rings. The number of nitrogens with one attached hydrogen (secondary N) is 1. The van der Waals surface area contributed by atoms with Crippen LogP contribution in [-0.4, -0.2) is 24.1 Å². The van der Waals surface area contributed by atoms with E-state index in [4.69, 9.17) is 5.26 Å². The number of rotatable bonds is 5. The van der Waals surface area contributed by atoms with Gasteiger partial charge < -0.3 is 5.32 Å². The zero-order chi connectivity index (χ0) is 11.1. The van der Waals surface area contributed by atoms with E-state index in [-0.39, 0.29) is 6.04 Å². The highest BCUT2D eigenvalue weighted by Crippen LogP contribution is 2.32. The molecule has 1 fully saturated rings. The molecule has 1 N–H and O–H groups in total. The number of hydrogen-bond acceptors (Lipinski definition) is 3. The normalized spacial score (nSPS) is 28.3. The number of hydrogen-bond donors (Lipinski definition) is 1. The number of thioether (sulfide) groups is 1. The molecule has 0 aromatic carbocycles. The van der Waals surface area contributed by atoms with Gasteiger partial charge in [-0.05, 0) is 38.0 Å². The lowest BCUT2D eigenvalue weighted by atomic mass is 9.91. The maximum atomic E-state index is 8.78. The Balaban J connectivity index is 2.11. The van der Waals surface area contributed by atoms with E-state index in [1.165, 1.54) is 25.7 Å². The smallest absolute Gasteiger partial charge is 0.0958 e. The Morgan fingerprint density at radius 2 is 2.33 bits per heavy atom. The van der Waals surface area contributed by atoms with Crippen molar-refractivity contribution >= 4 is 11.8 Å². The van der Waals surface area contributed by atoms with Crippen LogP contribution in [0.5, 0.6) is 0 Å². The van der Waals surface area contributed by atoms with Crippen LogP contribution in [0.2, 0.25) is 0 Å². The third-order valence-corrected chi connectivity index (χ3v) is 4.52. The lowest BCUT2D eigenvalue weighted by Crippen LogP contribution is -2.24. The van der Waals surface area contributed by atoms with Gasteiger partial charge >= 0.3 is 0 Å². The largest absolute Gasteiger partial charge is 0.305 e. The molecule has 2 nitrogen and oxygen atoms in total. The Morgan fingerprint density at radius 3 is 2.93 bits per heavy atom. The summed E-state index contributed by atoms with van der Waals surface area (Å²) in [7, 11) is 1.86. The molecule has 3 unspecified atom stereocenters. The summed E-state index contributed by atoms with van der Waals surface area (Å²) in [4.78, 5) is 0. The fourth-order valence-electron chi connectivity index (χ4n) is 2.16. The van der Waals surface area contributed by atoms with Crippen molar-refractivity contribution in [2.45, 2.75) is 50.3 Å². The Bertz CT molecular complexity index is 212. The predicted molar refractivity (Wildman–Crippen MR) is 67.0 cm³/mol. The molecular weight excluding hydrogens is 204 g/mol. The van der Waals surface area contributed by atoms with E-state index >= 15 is 0 Å². The van der Waals surface area contributed by atoms with Crippen molar-refractivity contribution in [2.75, 3.05) is 12.8 Å². The average Bonchev–Trinajstić information content (AvgIpc) is 2.25. The monoisotopic (exact) mass is 226 g/mol. The van der Waals surface area contributed by atoms with Crippen LogP contribution in [0.25, 0.3) is 0 Å². The van der Waals surface area contributed by atoms with Gasteiger partial charge in [0.05, 0.1) is 12.1 Å². The highest BCUT2D eigenvalue weighted by Gasteiger charge is 2.19. The first-order valence-corrected chi connectivity index (χ1v) is 6.99. The molecule has 0 aromatic heterocycles. The maximum absolute atomic E-state index is 8.78. The Labute approximate surface area is 97.8 Å². The van der Waals surface area contributed by atoms with E-state index in [0.717, 1.165) is 23.3 Å². The quantitative estimate of drug-likeness (QED) is 0.783. The molecule has 0 radical (unpaired) electrons. The summed E-state index contributed by atoms with van der Waals surface area (Å²) in [6.45, 7) is 2.36. The molecular formula is C12H22N2S. The number of nitriles is 1. The van der Waals surface area contributed by atoms with Crippen molar-refractivity contribution in [1.29, 1.82) is 5.26 Å². The summed E-state index contributed by atoms with van der Waals surface area (Å²) in [5, 5.41) is 12.7. The summed E-state index contributed by atoms with van der Waals surface area (Å²) in [6.07, 6.45) is 6.54. The molecule has 15 heavy (non-hydrogen) atoms. The maximum Gasteiger partial charge on any atom is 0.0958 e. The first kappa shape index (κ1) is 12.9. The lowest BCUT2D eigenvalue weighted by Gasteiger charge is -2.26. The summed E-state index contributed by atoms with van der Waals surface area (Å²) in [5.41, 5.74) is 0. The van der Waals surface area contributed by atoms with E-state index in [0.29, 0.717) is 0 Å². The Morgan fingerprint density at radius 1 is 1.53 bits per heavy atom.